The molecular weight excluding hydrogens is 322 g/mol. The summed E-state index contributed by atoms with van der Waals surface area (Å²) >= 11 is 0. The first kappa shape index (κ1) is 18.3. The Morgan fingerprint density at radius 1 is 1.39 bits per heavy atom. The van der Waals surface area contributed by atoms with Crippen LogP contribution in [0.15, 0.2) is 40.4 Å². The second-order valence-electron chi connectivity index (χ2n) is 4.40. The van der Waals surface area contributed by atoms with E-state index in [9.17, 15) is 18.0 Å². The van der Waals surface area contributed by atoms with Gasteiger partial charge in [-0.1, -0.05) is 6.07 Å². The summed E-state index contributed by atoms with van der Waals surface area (Å²) in [4.78, 5) is 23.4. The Bertz CT molecular complexity index is 802. The highest BCUT2D eigenvalue weighted by Crippen LogP contribution is 2.12. The van der Waals surface area contributed by atoms with Gasteiger partial charge in [-0.2, -0.15) is 5.26 Å². The molecule has 0 aliphatic rings. The van der Waals surface area contributed by atoms with Gasteiger partial charge < -0.3 is 10.5 Å². The first-order chi connectivity index (χ1) is 10.7. The lowest BCUT2D eigenvalue weighted by Gasteiger charge is -2.06. The summed E-state index contributed by atoms with van der Waals surface area (Å²) in [5.74, 6) is -1.63. The fourth-order valence-corrected chi connectivity index (χ4v) is 2.34. The number of allylic oxidation sites excluding steroid dienone is 1. The third kappa shape index (κ3) is 4.64. The largest absolute Gasteiger partial charge is 0.454 e. The molecule has 0 saturated carbocycles. The van der Waals surface area contributed by atoms with Crippen LogP contribution in [0.25, 0.3) is 0 Å². The molecule has 0 heterocycles. The van der Waals surface area contributed by atoms with Crippen LogP contribution in [0.5, 0.6) is 0 Å². The molecule has 9 heteroatoms. The van der Waals surface area contributed by atoms with Crippen LogP contribution in [-0.4, -0.2) is 33.8 Å². The summed E-state index contributed by atoms with van der Waals surface area (Å²) in [6, 6.07) is 6.77. The van der Waals surface area contributed by atoms with E-state index in [2.05, 4.69) is 4.72 Å². The molecule has 3 N–H and O–H groups in total. The van der Waals surface area contributed by atoms with Crippen molar-refractivity contribution in [1.29, 1.82) is 5.26 Å². The number of esters is 1. The number of hydrogen-bond donors (Lipinski definition) is 2. The van der Waals surface area contributed by atoms with Crippen molar-refractivity contribution >= 4 is 21.8 Å². The molecule has 1 aromatic rings. The third-order valence-corrected chi connectivity index (χ3v) is 4.18. The van der Waals surface area contributed by atoms with E-state index in [1.54, 1.807) is 6.07 Å². The average molecular weight is 337 g/mol. The van der Waals surface area contributed by atoms with E-state index in [0.717, 1.165) is 6.07 Å². The van der Waals surface area contributed by atoms with Crippen LogP contribution in [0.1, 0.15) is 17.3 Å². The monoisotopic (exact) mass is 337 g/mol. The molecule has 0 atom stereocenters. The Labute approximate surface area is 133 Å². The van der Waals surface area contributed by atoms with Gasteiger partial charge in [-0.15, -0.1) is 0 Å². The van der Waals surface area contributed by atoms with Gasteiger partial charge in [-0.3, -0.25) is 4.79 Å². The SMILES string of the molecule is CNS(=O)(=O)c1cccc(C(=O)OCC(=O)/C(C#N)=C(/C)N)c1. The molecule has 1 rings (SSSR count). The summed E-state index contributed by atoms with van der Waals surface area (Å²) in [6.07, 6.45) is 0. The van der Waals surface area contributed by atoms with Gasteiger partial charge in [0.15, 0.2) is 6.61 Å². The maximum absolute atomic E-state index is 11.9. The number of nitrogens with zero attached hydrogens (tertiary/aromatic N) is 1. The Morgan fingerprint density at radius 3 is 2.57 bits per heavy atom. The van der Waals surface area contributed by atoms with Gasteiger partial charge in [-0.25, -0.2) is 17.9 Å². The highest BCUT2D eigenvalue weighted by atomic mass is 32.2. The second kappa shape index (κ2) is 7.53. The van der Waals surface area contributed by atoms with Crippen LogP contribution >= 0.6 is 0 Å². The minimum Gasteiger partial charge on any atom is -0.454 e. The molecule has 0 spiro atoms. The first-order valence-electron chi connectivity index (χ1n) is 6.33. The van der Waals surface area contributed by atoms with E-state index in [0.29, 0.717) is 0 Å². The number of ether oxygens (including phenoxy) is 1. The number of carbonyl (C=O) groups is 2. The van der Waals surface area contributed by atoms with E-state index in [1.807, 2.05) is 0 Å². The zero-order chi connectivity index (χ0) is 17.6. The Hall–Kier alpha value is -2.70. The standard InChI is InChI=1S/C14H15N3O5S/c1-9(16)12(7-15)13(18)8-22-14(19)10-4-3-5-11(6-10)23(20,21)17-2/h3-6,17H,8,16H2,1-2H3/b12-9-. The smallest absolute Gasteiger partial charge is 0.338 e. The van der Waals surface area contributed by atoms with Gasteiger partial charge >= 0.3 is 5.97 Å². The Morgan fingerprint density at radius 2 is 2.04 bits per heavy atom. The maximum Gasteiger partial charge on any atom is 0.338 e. The van der Waals surface area contributed by atoms with Crippen LogP contribution in [0.2, 0.25) is 0 Å². The maximum atomic E-state index is 11.9. The van der Waals surface area contributed by atoms with Crippen molar-refractivity contribution in [2.45, 2.75) is 11.8 Å². The Balaban J connectivity index is 2.89. The third-order valence-electron chi connectivity index (χ3n) is 2.77. The summed E-state index contributed by atoms with van der Waals surface area (Å²) in [7, 11) is -2.47. The number of nitrogens with two attached hydrogens (primary N) is 1. The zero-order valence-electron chi connectivity index (χ0n) is 12.5. The molecule has 0 unspecified atom stereocenters. The molecule has 1 aromatic carbocycles. The molecule has 23 heavy (non-hydrogen) atoms. The number of ketones is 1. The first-order valence-corrected chi connectivity index (χ1v) is 7.81. The fourth-order valence-electron chi connectivity index (χ4n) is 1.57. The molecule has 0 saturated heterocycles. The average Bonchev–Trinajstić information content (AvgIpc) is 2.53. The molecule has 0 amide bonds. The second-order valence-corrected chi connectivity index (χ2v) is 6.29. The van der Waals surface area contributed by atoms with Crippen molar-refractivity contribution in [1.82, 2.24) is 4.72 Å². The van der Waals surface area contributed by atoms with Crippen LogP contribution < -0.4 is 10.5 Å². The molecule has 0 fully saturated rings. The van der Waals surface area contributed by atoms with Gasteiger partial charge in [0.25, 0.3) is 0 Å². The molecule has 0 bridgehead atoms. The van der Waals surface area contributed by atoms with Crippen molar-refractivity contribution in [3.63, 3.8) is 0 Å². The minimum atomic E-state index is -3.71. The van der Waals surface area contributed by atoms with Gasteiger partial charge in [0.05, 0.1) is 10.5 Å². The van der Waals surface area contributed by atoms with Gasteiger partial charge in [0.1, 0.15) is 11.6 Å². The van der Waals surface area contributed by atoms with E-state index < -0.39 is 28.4 Å². The van der Waals surface area contributed by atoms with Crippen LogP contribution in [0.3, 0.4) is 0 Å². The summed E-state index contributed by atoms with van der Waals surface area (Å²) in [6.45, 7) is 0.712. The highest BCUT2D eigenvalue weighted by Gasteiger charge is 2.17. The normalized spacial score (nSPS) is 12.0. The number of hydrogen-bond acceptors (Lipinski definition) is 7. The van der Waals surface area contributed by atoms with Crippen molar-refractivity contribution in [2.75, 3.05) is 13.7 Å². The lowest BCUT2D eigenvalue weighted by molar-refractivity contribution is -0.118. The van der Waals surface area contributed by atoms with Crippen molar-refractivity contribution in [3.8, 4) is 6.07 Å². The predicted octanol–water partition coefficient (Wildman–Crippen LogP) is 0.0769. The number of nitrogens with one attached hydrogen (secondary N) is 1. The van der Waals surface area contributed by atoms with Gasteiger partial charge in [-0.05, 0) is 32.2 Å². The fraction of sp³-hybridized carbons (Fsp3) is 0.214. The molecule has 122 valence electrons. The van der Waals surface area contributed by atoms with Crippen molar-refractivity contribution in [2.24, 2.45) is 5.73 Å². The topological polar surface area (TPSA) is 139 Å². The number of benzene rings is 1. The molecular formula is C14H15N3O5S. The number of carbonyl (C=O) groups excluding carboxylic acids is 2. The van der Waals surface area contributed by atoms with Gasteiger partial charge in [0, 0.05) is 5.70 Å². The molecule has 8 nitrogen and oxygen atoms in total. The van der Waals surface area contributed by atoms with E-state index in [-0.39, 0.29) is 21.7 Å². The Kier molecular flexibility index (Phi) is 6.01. The number of rotatable bonds is 6. The highest BCUT2D eigenvalue weighted by molar-refractivity contribution is 7.89. The minimum absolute atomic E-state index is 0.0238. The lowest BCUT2D eigenvalue weighted by atomic mass is 10.1. The zero-order valence-corrected chi connectivity index (χ0v) is 13.3. The van der Waals surface area contributed by atoms with Gasteiger partial charge in [0.2, 0.25) is 15.8 Å². The number of nitriles is 1. The summed E-state index contributed by atoms with van der Waals surface area (Å²) in [5.41, 5.74) is 5.07. The quantitative estimate of drug-likeness (QED) is 0.425. The van der Waals surface area contributed by atoms with Crippen LogP contribution in [0, 0.1) is 11.3 Å². The lowest BCUT2D eigenvalue weighted by Crippen LogP contribution is -2.20. The molecule has 0 radical (unpaired) electrons. The van der Waals surface area contributed by atoms with E-state index in [4.69, 9.17) is 15.7 Å². The number of Topliss-reactive ketones (excluding diaryl/α,β-unsaturated/α-hetero) is 1. The van der Waals surface area contributed by atoms with Crippen LogP contribution in [-0.2, 0) is 19.6 Å². The van der Waals surface area contributed by atoms with E-state index >= 15 is 0 Å². The predicted molar refractivity (Wildman–Crippen MR) is 80.5 cm³/mol. The molecule has 0 aliphatic heterocycles. The van der Waals surface area contributed by atoms with Crippen molar-refractivity contribution < 1.29 is 22.7 Å². The molecule has 0 aliphatic carbocycles. The van der Waals surface area contributed by atoms with E-state index in [1.165, 1.54) is 32.2 Å². The van der Waals surface area contributed by atoms with Crippen LogP contribution in [0.4, 0.5) is 0 Å². The summed E-state index contributed by atoms with van der Waals surface area (Å²) < 4.78 is 30.2. The molecule has 0 aromatic heterocycles. The number of sulfonamides is 1. The summed E-state index contributed by atoms with van der Waals surface area (Å²) in [5, 5.41) is 8.78. The van der Waals surface area contributed by atoms with Crippen molar-refractivity contribution in [3.05, 3.63) is 41.1 Å².